The van der Waals surface area contributed by atoms with Crippen molar-refractivity contribution in [1.29, 1.82) is 0 Å². The molecular weight excluding hydrogens is 184 g/mol. The molecule has 0 saturated carbocycles. The number of H-pyrrole nitrogens is 1. The van der Waals surface area contributed by atoms with Gasteiger partial charge < -0.3 is 0 Å². The second-order valence-corrected chi connectivity index (χ2v) is 3.13. The second-order valence-electron chi connectivity index (χ2n) is 2.69. The van der Waals surface area contributed by atoms with Crippen LogP contribution in [0.3, 0.4) is 0 Å². The van der Waals surface area contributed by atoms with Crippen molar-refractivity contribution in [3.8, 4) is 0 Å². The third-order valence-electron chi connectivity index (χ3n) is 1.71. The summed E-state index contributed by atoms with van der Waals surface area (Å²) < 4.78 is 0. The van der Waals surface area contributed by atoms with Gasteiger partial charge in [-0.2, -0.15) is 5.10 Å². The topological polar surface area (TPSA) is 28.7 Å². The summed E-state index contributed by atoms with van der Waals surface area (Å²) in [5.74, 6) is 0. The summed E-state index contributed by atoms with van der Waals surface area (Å²) in [5.41, 5.74) is 2.01. The molecule has 0 saturated heterocycles. The first-order chi connectivity index (χ1) is 6.34. The van der Waals surface area contributed by atoms with E-state index in [-0.39, 0.29) is 0 Å². The summed E-state index contributed by atoms with van der Waals surface area (Å²) in [6, 6.07) is 9.54. The summed E-state index contributed by atoms with van der Waals surface area (Å²) in [7, 11) is 0. The Hall–Kier alpha value is -1.28. The number of benzene rings is 1. The van der Waals surface area contributed by atoms with Gasteiger partial charge in [0, 0.05) is 17.6 Å². The molecule has 2 nitrogen and oxygen atoms in total. The average molecular weight is 192 g/mol. The Labute approximate surface area is 81.6 Å². The molecule has 1 aromatic carbocycles. The van der Waals surface area contributed by atoms with Crippen LogP contribution in [-0.2, 0) is 0 Å². The van der Waals surface area contributed by atoms with Gasteiger partial charge in [-0.05, 0) is 23.8 Å². The predicted octanol–water partition coefficient (Wildman–Crippen LogP) is 2.66. The Morgan fingerprint density at radius 1 is 1.15 bits per heavy atom. The molecule has 0 fully saturated rings. The largest absolute Gasteiger partial charge is 0.285 e. The van der Waals surface area contributed by atoms with E-state index in [1.807, 2.05) is 36.8 Å². The van der Waals surface area contributed by atoms with E-state index in [2.05, 4.69) is 10.2 Å². The lowest BCUT2D eigenvalue weighted by molar-refractivity contribution is 1.06. The molecule has 0 atom stereocenters. The molecule has 0 amide bonds. The Kier molecular flexibility index (Phi) is 2.32. The lowest BCUT2D eigenvalue weighted by atomic mass is 10.1. The van der Waals surface area contributed by atoms with Crippen LogP contribution in [0.15, 0.2) is 36.5 Å². The maximum Gasteiger partial charge on any atom is 0.0706 e. The van der Waals surface area contributed by atoms with E-state index in [0.29, 0.717) is 0 Å². The minimum Gasteiger partial charge on any atom is -0.285 e. The van der Waals surface area contributed by atoms with Gasteiger partial charge in [0.1, 0.15) is 0 Å². The SMILES string of the molecule is Clc1ccc([CH]c2cc[nH]n2)cc1. The van der Waals surface area contributed by atoms with Gasteiger partial charge in [0.2, 0.25) is 0 Å². The fourth-order valence-corrected chi connectivity index (χ4v) is 1.21. The number of aromatic nitrogens is 2. The zero-order valence-electron chi connectivity index (χ0n) is 6.87. The highest BCUT2D eigenvalue weighted by atomic mass is 35.5. The van der Waals surface area contributed by atoms with Crippen LogP contribution < -0.4 is 0 Å². The fraction of sp³-hybridized carbons (Fsp3) is 0. The van der Waals surface area contributed by atoms with Crippen molar-refractivity contribution in [3.05, 3.63) is 59.2 Å². The van der Waals surface area contributed by atoms with Gasteiger partial charge in [-0.25, -0.2) is 0 Å². The van der Waals surface area contributed by atoms with Crippen molar-refractivity contribution in [2.45, 2.75) is 0 Å². The van der Waals surface area contributed by atoms with E-state index >= 15 is 0 Å². The minimum absolute atomic E-state index is 0.749. The van der Waals surface area contributed by atoms with Crippen LogP contribution in [0.5, 0.6) is 0 Å². The predicted molar refractivity (Wildman–Crippen MR) is 52.5 cm³/mol. The number of nitrogens with zero attached hydrogens (tertiary/aromatic N) is 1. The Morgan fingerprint density at radius 2 is 1.92 bits per heavy atom. The van der Waals surface area contributed by atoms with Crippen molar-refractivity contribution in [2.24, 2.45) is 0 Å². The van der Waals surface area contributed by atoms with Gasteiger partial charge in [0.25, 0.3) is 0 Å². The van der Waals surface area contributed by atoms with Gasteiger partial charge >= 0.3 is 0 Å². The summed E-state index contributed by atoms with van der Waals surface area (Å²) in [5, 5.41) is 7.52. The minimum atomic E-state index is 0.749. The molecule has 0 unspecified atom stereocenters. The third kappa shape index (κ3) is 2.10. The number of hydrogen-bond acceptors (Lipinski definition) is 1. The first-order valence-electron chi connectivity index (χ1n) is 3.95. The van der Waals surface area contributed by atoms with Crippen molar-refractivity contribution < 1.29 is 0 Å². The van der Waals surface area contributed by atoms with E-state index in [4.69, 9.17) is 11.6 Å². The zero-order valence-corrected chi connectivity index (χ0v) is 7.62. The molecule has 13 heavy (non-hydrogen) atoms. The number of halogens is 1. The molecule has 1 heterocycles. The molecule has 0 aliphatic heterocycles. The fourth-order valence-electron chi connectivity index (χ4n) is 1.08. The van der Waals surface area contributed by atoms with E-state index in [9.17, 15) is 0 Å². The summed E-state index contributed by atoms with van der Waals surface area (Å²) in [6.45, 7) is 0. The van der Waals surface area contributed by atoms with Crippen molar-refractivity contribution in [3.63, 3.8) is 0 Å². The van der Waals surface area contributed by atoms with Gasteiger partial charge in [0.05, 0.1) is 5.69 Å². The van der Waals surface area contributed by atoms with Crippen LogP contribution in [0, 0.1) is 6.42 Å². The molecule has 0 spiro atoms. The molecule has 1 aromatic heterocycles. The number of aromatic amines is 1. The monoisotopic (exact) mass is 191 g/mol. The zero-order chi connectivity index (χ0) is 9.10. The molecule has 2 rings (SSSR count). The molecule has 2 aromatic rings. The van der Waals surface area contributed by atoms with Gasteiger partial charge in [-0.1, -0.05) is 23.7 Å². The van der Waals surface area contributed by atoms with Crippen molar-refractivity contribution >= 4 is 11.6 Å². The van der Waals surface area contributed by atoms with E-state index in [1.165, 1.54) is 0 Å². The van der Waals surface area contributed by atoms with Crippen LogP contribution in [-0.4, -0.2) is 10.2 Å². The standard InChI is InChI=1S/C10H8ClN2/c11-9-3-1-8(2-4-9)7-10-5-6-12-13-10/h1-7H,(H,12,13). The molecule has 0 aliphatic rings. The highest BCUT2D eigenvalue weighted by molar-refractivity contribution is 6.30. The van der Waals surface area contributed by atoms with Gasteiger partial charge in [0.15, 0.2) is 0 Å². The first-order valence-corrected chi connectivity index (χ1v) is 4.32. The molecule has 1 N–H and O–H groups in total. The maximum absolute atomic E-state index is 5.76. The Balaban J connectivity index is 2.15. The maximum atomic E-state index is 5.76. The Bertz CT molecular complexity index is 364. The molecule has 1 radical (unpaired) electrons. The van der Waals surface area contributed by atoms with Gasteiger partial charge in [-0.15, -0.1) is 0 Å². The molecule has 3 heteroatoms. The molecule has 0 aliphatic carbocycles. The van der Waals surface area contributed by atoms with Gasteiger partial charge in [-0.3, -0.25) is 5.10 Å². The smallest absolute Gasteiger partial charge is 0.0706 e. The lowest BCUT2D eigenvalue weighted by Gasteiger charge is -1.96. The quantitative estimate of drug-likeness (QED) is 0.777. The van der Waals surface area contributed by atoms with E-state index in [0.717, 1.165) is 16.3 Å². The van der Waals surface area contributed by atoms with Crippen LogP contribution in [0.25, 0.3) is 0 Å². The number of nitrogens with one attached hydrogen (secondary N) is 1. The molecule has 65 valence electrons. The van der Waals surface area contributed by atoms with Crippen LogP contribution >= 0.6 is 11.6 Å². The van der Waals surface area contributed by atoms with Crippen molar-refractivity contribution in [2.75, 3.05) is 0 Å². The van der Waals surface area contributed by atoms with Crippen molar-refractivity contribution in [1.82, 2.24) is 10.2 Å². The average Bonchev–Trinajstić information content (AvgIpc) is 2.62. The molecular formula is C10H8ClN2. The normalized spacial score (nSPS) is 10.2. The van der Waals surface area contributed by atoms with Crippen LogP contribution in [0.2, 0.25) is 5.02 Å². The molecule has 0 bridgehead atoms. The number of hydrogen-bond donors (Lipinski definition) is 1. The summed E-state index contributed by atoms with van der Waals surface area (Å²) in [4.78, 5) is 0. The number of rotatable bonds is 2. The first kappa shape index (κ1) is 8.32. The lowest BCUT2D eigenvalue weighted by Crippen LogP contribution is -1.84. The highest BCUT2D eigenvalue weighted by Gasteiger charge is 1.97. The third-order valence-corrected chi connectivity index (χ3v) is 1.96. The van der Waals surface area contributed by atoms with Crippen LogP contribution in [0.4, 0.5) is 0 Å². The second kappa shape index (κ2) is 3.62. The Morgan fingerprint density at radius 3 is 2.54 bits per heavy atom. The highest BCUT2D eigenvalue weighted by Crippen LogP contribution is 2.13. The van der Waals surface area contributed by atoms with E-state index < -0.39 is 0 Å². The van der Waals surface area contributed by atoms with Crippen LogP contribution in [0.1, 0.15) is 11.3 Å². The summed E-state index contributed by atoms with van der Waals surface area (Å²) in [6.07, 6.45) is 3.77. The summed E-state index contributed by atoms with van der Waals surface area (Å²) >= 11 is 5.76. The van der Waals surface area contributed by atoms with E-state index in [1.54, 1.807) is 6.20 Å².